The van der Waals surface area contributed by atoms with Crippen molar-refractivity contribution in [2.45, 2.75) is 6.04 Å². The van der Waals surface area contributed by atoms with Crippen LogP contribution in [0, 0.1) is 0 Å². The van der Waals surface area contributed by atoms with Gasteiger partial charge in [0, 0.05) is 17.6 Å². The first kappa shape index (κ1) is 16.8. The predicted molar refractivity (Wildman–Crippen MR) is 75.0 cm³/mol. The summed E-state index contributed by atoms with van der Waals surface area (Å²) in [7, 11) is 2.54. The van der Waals surface area contributed by atoms with E-state index in [4.69, 9.17) is 11.6 Å². The van der Waals surface area contributed by atoms with E-state index >= 15 is 0 Å². The number of amides is 2. The lowest BCUT2D eigenvalue weighted by atomic mass is 10.1. The molecule has 7 nitrogen and oxygen atoms in total. The molecule has 0 aliphatic rings. The normalized spacial score (nSPS) is 11.4. The Kier molecular flexibility index (Phi) is 5.98. The van der Waals surface area contributed by atoms with Crippen LogP contribution in [0.15, 0.2) is 24.3 Å². The Hall–Kier alpha value is -2.28. The lowest BCUT2D eigenvalue weighted by Crippen LogP contribution is -2.44. The van der Waals surface area contributed by atoms with Crippen LogP contribution in [-0.2, 0) is 14.3 Å². The number of carboxylic acid groups (broad SMARTS) is 1. The SMILES string of the molecule is COC(=O)CN(C)C(=O)N[C@@H](C(=O)O)c1ccccc1Cl. The molecule has 0 unspecified atom stereocenters. The highest BCUT2D eigenvalue weighted by Crippen LogP contribution is 2.23. The van der Waals surface area contributed by atoms with Crippen molar-refractivity contribution in [3.05, 3.63) is 34.9 Å². The summed E-state index contributed by atoms with van der Waals surface area (Å²) >= 11 is 5.93. The zero-order valence-corrected chi connectivity index (χ0v) is 12.3. The summed E-state index contributed by atoms with van der Waals surface area (Å²) < 4.78 is 4.43. The van der Waals surface area contributed by atoms with E-state index in [9.17, 15) is 19.5 Å². The van der Waals surface area contributed by atoms with Gasteiger partial charge in [0.05, 0.1) is 7.11 Å². The van der Waals surface area contributed by atoms with Crippen LogP contribution >= 0.6 is 11.6 Å². The molecule has 8 heteroatoms. The van der Waals surface area contributed by atoms with Gasteiger partial charge in [-0.05, 0) is 6.07 Å². The van der Waals surface area contributed by atoms with Crippen molar-refractivity contribution in [3.8, 4) is 0 Å². The van der Waals surface area contributed by atoms with Gasteiger partial charge in [0.1, 0.15) is 6.54 Å². The van der Waals surface area contributed by atoms with Gasteiger partial charge in [0.25, 0.3) is 0 Å². The third-order valence-corrected chi connectivity index (χ3v) is 3.02. The first-order chi connectivity index (χ1) is 9.86. The summed E-state index contributed by atoms with van der Waals surface area (Å²) in [5, 5.41) is 11.7. The van der Waals surface area contributed by atoms with Gasteiger partial charge in [-0.2, -0.15) is 0 Å². The molecule has 0 bridgehead atoms. The molecule has 0 aromatic heterocycles. The van der Waals surface area contributed by atoms with E-state index in [1.807, 2.05) is 0 Å². The smallest absolute Gasteiger partial charge is 0.331 e. The molecule has 1 atom stereocenters. The summed E-state index contributed by atoms with van der Waals surface area (Å²) in [6, 6.07) is 4.25. The van der Waals surface area contributed by atoms with Gasteiger partial charge in [-0.15, -0.1) is 0 Å². The number of rotatable bonds is 5. The van der Waals surface area contributed by atoms with E-state index in [0.717, 1.165) is 4.90 Å². The van der Waals surface area contributed by atoms with E-state index in [1.54, 1.807) is 12.1 Å². The summed E-state index contributed by atoms with van der Waals surface area (Å²) in [4.78, 5) is 35.3. The van der Waals surface area contributed by atoms with Crippen molar-refractivity contribution in [2.75, 3.05) is 20.7 Å². The minimum atomic E-state index is -1.31. The van der Waals surface area contributed by atoms with Crippen LogP contribution in [0.4, 0.5) is 4.79 Å². The minimum absolute atomic E-state index is 0.223. The monoisotopic (exact) mass is 314 g/mol. The molecule has 0 saturated carbocycles. The Morgan fingerprint density at radius 1 is 1.38 bits per heavy atom. The fourth-order valence-electron chi connectivity index (χ4n) is 1.55. The van der Waals surface area contributed by atoms with Crippen LogP contribution in [0.3, 0.4) is 0 Å². The average molecular weight is 315 g/mol. The van der Waals surface area contributed by atoms with Crippen LogP contribution in [0.2, 0.25) is 5.02 Å². The molecule has 0 aliphatic heterocycles. The van der Waals surface area contributed by atoms with E-state index in [2.05, 4.69) is 10.1 Å². The fraction of sp³-hybridized carbons (Fsp3) is 0.308. The van der Waals surface area contributed by atoms with Crippen molar-refractivity contribution in [3.63, 3.8) is 0 Å². The quantitative estimate of drug-likeness (QED) is 0.798. The summed E-state index contributed by atoms with van der Waals surface area (Å²) in [6.07, 6.45) is 0. The Morgan fingerprint density at radius 3 is 2.52 bits per heavy atom. The second-order valence-corrected chi connectivity index (χ2v) is 4.58. The predicted octanol–water partition coefficient (Wildman–Crippen LogP) is 1.28. The Bertz CT molecular complexity index is 549. The van der Waals surface area contributed by atoms with E-state index in [0.29, 0.717) is 0 Å². The molecular weight excluding hydrogens is 300 g/mol. The molecule has 0 heterocycles. The topological polar surface area (TPSA) is 95.9 Å². The number of halogens is 1. The second-order valence-electron chi connectivity index (χ2n) is 4.17. The fourth-order valence-corrected chi connectivity index (χ4v) is 1.79. The van der Waals surface area contributed by atoms with Crippen molar-refractivity contribution < 1.29 is 24.2 Å². The number of benzene rings is 1. The molecule has 21 heavy (non-hydrogen) atoms. The Balaban J connectivity index is 2.85. The molecule has 2 amide bonds. The van der Waals surface area contributed by atoms with Crippen molar-refractivity contribution in [2.24, 2.45) is 0 Å². The highest BCUT2D eigenvalue weighted by atomic mass is 35.5. The minimum Gasteiger partial charge on any atom is -0.479 e. The number of methoxy groups -OCH3 is 1. The second kappa shape index (κ2) is 7.49. The third kappa shape index (κ3) is 4.64. The maximum atomic E-state index is 11.9. The van der Waals surface area contributed by atoms with E-state index in [1.165, 1.54) is 26.3 Å². The van der Waals surface area contributed by atoms with E-state index < -0.39 is 24.0 Å². The van der Waals surface area contributed by atoms with Gasteiger partial charge < -0.3 is 20.1 Å². The van der Waals surface area contributed by atoms with Crippen molar-refractivity contribution in [1.82, 2.24) is 10.2 Å². The maximum absolute atomic E-state index is 11.9. The van der Waals surface area contributed by atoms with Crippen molar-refractivity contribution >= 4 is 29.6 Å². The van der Waals surface area contributed by atoms with Gasteiger partial charge in [-0.1, -0.05) is 29.8 Å². The number of nitrogens with zero attached hydrogens (tertiary/aromatic N) is 1. The number of carboxylic acids is 1. The zero-order valence-electron chi connectivity index (χ0n) is 11.5. The number of carbonyl (C=O) groups is 3. The molecule has 0 radical (unpaired) electrons. The zero-order chi connectivity index (χ0) is 16.0. The van der Waals surface area contributed by atoms with E-state index in [-0.39, 0.29) is 17.1 Å². The van der Waals surface area contributed by atoms with Crippen LogP contribution in [-0.4, -0.2) is 48.7 Å². The first-order valence-corrected chi connectivity index (χ1v) is 6.30. The van der Waals surface area contributed by atoms with Gasteiger partial charge in [0.15, 0.2) is 6.04 Å². The molecule has 2 N–H and O–H groups in total. The lowest BCUT2D eigenvalue weighted by molar-refractivity contribution is -0.141. The maximum Gasteiger partial charge on any atom is 0.331 e. The standard InChI is InChI=1S/C13H15ClN2O5/c1-16(7-10(17)21-2)13(20)15-11(12(18)19)8-5-3-4-6-9(8)14/h3-6,11H,7H2,1-2H3,(H,15,20)(H,18,19)/t11-/m1/s1. The molecular formula is C13H15ClN2O5. The lowest BCUT2D eigenvalue weighted by Gasteiger charge is -2.21. The molecule has 1 rings (SSSR count). The number of ether oxygens (including phenoxy) is 1. The van der Waals surface area contributed by atoms with Crippen LogP contribution < -0.4 is 5.32 Å². The highest BCUT2D eigenvalue weighted by molar-refractivity contribution is 6.31. The Labute approximate surface area is 126 Å². The number of hydrogen-bond donors (Lipinski definition) is 2. The number of esters is 1. The number of aliphatic carboxylic acids is 1. The number of likely N-dealkylation sites (N-methyl/N-ethyl adjacent to an activating group) is 1. The van der Waals surface area contributed by atoms with Gasteiger partial charge >= 0.3 is 18.0 Å². The molecule has 1 aromatic carbocycles. The molecule has 0 spiro atoms. The number of nitrogens with one attached hydrogen (secondary N) is 1. The highest BCUT2D eigenvalue weighted by Gasteiger charge is 2.26. The number of hydrogen-bond acceptors (Lipinski definition) is 4. The number of urea groups is 1. The molecule has 114 valence electrons. The molecule has 0 fully saturated rings. The van der Waals surface area contributed by atoms with Crippen LogP contribution in [0.5, 0.6) is 0 Å². The van der Waals surface area contributed by atoms with Crippen LogP contribution in [0.25, 0.3) is 0 Å². The van der Waals surface area contributed by atoms with Gasteiger partial charge in [-0.25, -0.2) is 9.59 Å². The largest absolute Gasteiger partial charge is 0.479 e. The molecule has 0 aliphatic carbocycles. The summed E-state index contributed by atoms with van der Waals surface area (Å²) in [5.41, 5.74) is 0.256. The summed E-state index contributed by atoms with van der Waals surface area (Å²) in [6.45, 7) is -0.294. The first-order valence-electron chi connectivity index (χ1n) is 5.92. The third-order valence-electron chi connectivity index (χ3n) is 2.67. The average Bonchev–Trinajstić information content (AvgIpc) is 2.44. The number of carbonyl (C=O) groups excluding carboxylic acids is 2. The Morgan fingerprint density at radius 2 is 2.00 bits per heavy atom. The van der Waals surface area contributed by atoms with Crippen molar-refractivity contribution in [1.29, 1.82) is 0 Å². The molecule has 0 saturated heterocycles. The van der Waals surface area contributed by atoms with Crippen LogP contribution in [0.1, 0.15) is 11.6 Å². The molecule has 1 aromatic rings. The van der Waals surface area contributed by atoms with Gasteiger partial charge in [-0.3, -0.25) is 4.79 Å². The summed E-state index contributed by atoms with van der Waals surface area (Å²) in [5.74, 6) is -1.87. The van der Waals surface area contributed by atoms with Gasteiger partial charge in [0.2, 0.25) is 0 Å².